The standard InChI is InChI=1S/C17H23N3O3/c1-11(21)17-19-13-5-2-3-6-15(13)20(17)10-12(22)9-14-16(23)7-4-8-18-14/h2-3,5-6,11,14,16,18,21,23H,4,7-10H2,1H3/t11?,14-,16+/m1/s1. The van der Waals surface area contributed by atoms with Gasteiger partial charge in [0.25, 0.3) is 0 Å². The van der Waals surface area contributed by atoms with Gasteiger partial charge in [-0.15, -0.1) is 0 Å². The molecule has 3 rings (SSSR count). The summed E-state index contributed by atoms with van der Waals surface area (Å²) in [5.41, 5.74) is 1.61. The van der Waals surface area contributed by atoms with Crippen molar-refractivity contribution in [2.24, 2.45) is 0 Å². The number of Topliss-reactive ketones (excluding diaryl/α,β-unsaturated/α-hetero) is 1. The third-order valence-electron chi connectivity index (χ3n) is 4.39. The number of rotatable bonds is 5. The van der Waals surface area contributed by atoms with Crippen molar-refractivity contribution in [1.29, 1.82) is 0 Å². The maximum absolute atomic E-state index is 12.5. The molecule has 1 aromatic heterocycles. The molecule has 1 fully saturated rings. The first-order chi connectivity index (χ1) is 11.1. The number of aromatic nitrogens is 2. The molecule has 0 radical (unpaired) electrons. The van der Waals surface area contributed by atoms with Crippen LogP contribution in [0.15, 0.2) is 24.3 Å². The summed E-state index contributed by atoms with van der Waals surface area (Å²) >= 11 is 0. The summed E-state index contributed by atoms with van der Waals surface area (Å²) in [5.74, 6) is 0.519. The molecule has 23 heavy (non-hydrogen) atoms. The summed E-state index contributed by atoms with van der Waals surface area (Å²) < 4.78 is 1.78. The van der Waals surface area contributed by atoms with Gasteiger partial charge in [-0.1, -0.05) is 12.1 Å². The number of piperidine rings is 1. The van der Waals surface area contributed by atoms with Crippen molar-refractivity contribution in [3.63, 3.8) is 0 Å². The highest BCUT2D eigenvalue weighted by Crippen LogP contribution is 2.21. The van der Waals surface area contributed by atoms with Gasteiger partial charge in [-0.2, -0.15) is 0 Å². The van der Waals surface area contributed by atoms with Gasteiger partial charge in [-0.3, -0.25) is 4.79 Å². The van der Waals surface area contributed by atoms with E-state index in [0.29, 0.717) is 5.82 Å². The third-order valence-corrected chi connectivity index (χ3v) is 4.39. The van der Waals surface area contributed by atoms with E-state index >= 15 is 0 Å². The number of nitrogens with zero attached hydrogens (tertiary/aromatic N) is 2. The van der Waals surface area contributed by atoms with E-state index in [2.05, 4.69) is 10.3 Å². The van der Waals surface area contributed by atoms with E-state index in [1.807, 2.05) is 24.3 Å². The van der Waals surface area contributed by atoms with Crippen LogP contribution in [0.25, 0.3) is 11.0 Å². The van der Waals surface area contributed by atoms with Crippen LogP contribution in [0.5, 0.6) is 0 Å². The van der Waals surface area contributed by atoms with Gasteiger partial charge in [0.2, 0.25) is 0 Å². The van der Waals surface area contributed by atoms with Gasteiger partial charge in [-0.25, -0.2) is 4.98 Å². The molecule has 1 aliphatic heterocycles. The maximum atomic E-state index is 12.5. The SMILES string of the molecule is CC(O)c1nc2ccccc2n1CC(=O)C[C@H]1NCCC[C@@H]1O. The summed E-state index contributed by atoms with van der Waals surface area (Å²) in [5, 5.41) is 23.1. The van der Waals surface area contributed by atoms with Crippen LogP contribution in [0.3, 0.4) is 0 Å². The number of imidazole rings is 1. The van der Waals surface area contributed by atoms with Gasteiger partial charge in [0.1, 0.15) is 11.9 Å². The molecule has 0 saturated carbocycles. The van der Waals surface area contributed by atoms with E-state index in [9.17, 15) is 15.0 Å². The number of ketones is 1. The van der Waals surface area contributed by atoms with Gasteiger partial charge >= 0.3 is 0 Å². The first-order valence-corrected chi connectivity index (χ1v) is 8.12. The first-order valence-electron chi connectivity index (χ1n) is 8.12. The van der Waals surface area contributed by atoms with E-state index in [1.165, 1.54) is 0 Å². The highest BCUT2D eigenvalue weighted by Gasteiger charge is 2.25. The predicted octanol–water partition coefficient (Wildman–Crippen LogP) is 1.16. The number of aliphatic hydroxyl groups excluding tert-OH is 2. The van der Waals surface area contributed by atoms with Crippen molar-refractivity contribution in [2.45, 2.75) is 51.0 Å². The zero-order valence-corrected chi connectivity index (χ0v) is 13.3. The average molecular weight is 317 g/mol. The van der Waals surface area contributed by atoms with Crippen LogP contribution < -0.4 is 5.32 Å². The largest absolute Gasteiger partial charge is 0.391 e. The monoisotopic (exact) mass is 317 g/mol. The molecule has 6 nitrogen and oxygen atoms in total. The number of carbonyl (C=O) groups is 1. The van der Waals surface area contributed by atoms with Crippen molar-refractivity contribution >= 4 is 16.8 Å². The molecular formula is C17H23N3O3. The molecule has 0 bridgehead atoms. The summed E-state index contributed by atoms with van der Waals surface area (Å²) in [4.78, 5) is 16.9. The Morgan fingerprint density at radius 3 is 3.00 bits per heavy atom. The van der Waals surface area contributed by atoms with E-state index < -0.39 is 12.2 Å². The lowest BCUT2D eigenvalue weighted by Gasteiger charge is -2.28. The van der Waals surface area contributed by atoms with Gasteiger partial charge in [-0.05, 0) is 38.4 Å². The highest BCUT2D eigenvalue weighted by molar-refractivity contribution is 5.82. The lowest BCUT2D eigenvalue weighted by molar-refractivity contribution is -0.121. The molecule has 2 aromatic rings. The lowest BCUT2D eigenvalue weighted by atomic mass is 9.97. The van der Waals surface area contributed by atoms with Crippen LogP contribution in [0.4, 0.5) is 0 Å². The first kappa shape index (κ1) is 16.1. The summed E-state index contributed by atoms with van der Waals surface area (Å²) in [6.07, 6.45) is 0.742. The van der Waals surface area contributed by atoms with E-state index in [1.54, 1.807) is 11.5 Å². The minimum atomic E-state index is -0.742. The minimum Gasteiger partial charge on any atom is -0.391 e. The second-order valence-electron chi connectivity index (χ2n) is 6.23. The Hall–Kier alpha value is -1.76. The number of nitrogens with one attached hydrogen (secondary N) is 1. The number of carbonyl (C=O) groups excluding carboxylic acids is 1. The normalized spacial score (nSPS) is 23.1. The van der Waals surface area contributed by atoms with Crippen LogP contribution in [0, 0.1) is 0 Å². The number of aliphatic hydroxyl groups is 2. The number of para-hydroxylation sites is 2. The zero-order valence-electron chi connectivity index (χ0n) is 13.3. The van der Waals surface area contributed by atoms with Crippen LogP contribution >= 0.6 is 0 Å². The number of benzene rings is 1. The molecule has 1 unspecified atom stereocenters. The Labute approximate surface area is 135 Å². The molecule has 6 heteroatoms. The molecule has 1 aromatic carbocycles. The van der Waals surface area contributed by atoms with Gasteiger partial charge in [0.15, 0.2) is 5.78 Å². The van der Waals surface area contributed by atoms with Crippen molar-refractivity contribution < 1.29 is 15.0 Å². The molecule has 0 spiro atoms. The minimum absolute atomic E-state index is 0.0218. The molecule has 0 amide bonds. The zero-order chi connectivity index (χ0) is 16.4. The number of hydrogen-bond donors (Lipinski definition) is 3. The fourth-order valence-corrected chi connectivity index (χ4v) is 3.21. The van der Waals surface area contributed by atoms with Crippen LogP contribution in [0.1, 0.15) is 38.1 Å². The highest BCUT2D eigenvalue weighted by atomic mass is 16.3. The van der Waals surface area contributed by atoms with Crippen LogP contribution in [0.2, 0.25) is 0 Å². The fraction of sp³-hybridized carbons (Fsp3) is 0.529. The molecule has 1 saturated heterocycles. The Morgan fingerprint density at radius 1 is 1.48 bits per heavy atom. The average Bonchev–Trinajstić information content (AvgIpc) is 2.89. The van der Waals surface area contributed by atoms with E-state index in [4.69, 9.17) is 0 Å². The molecule has 3 N–H and O–H groups in total. The van der Waals surface area contributed by atoms with Crippen LogP contribution in [-0.2, 0) is 11.3 Å². The van der Waals surface area contributed by atoms with Gasteiger partial charge in [0, 0.05) is 12.5 Å². The fourth-order valence-electron chi connectivity index (χ4n) is 3.21. The quantitative estimate of drug-likeness (QED) is 0.770. The molecule has 2 heterocycles. The van der Waals surface area contributed by atoms with Crippen LogP contribution in [-0.4, -0.2) is 44.2 Å². The maximum Gasteiger partial charge on any atom is 0.154 e. The Morgan fingerprint density at radius 2 is 2.26 bits per heavy atom. The van der Waals surface area contributed by atoms with Crippen molar-refractivity contribution in [3.05, 3.63) is 30.1 Å². The van der Waals surface area contributed by atoms with Gasteiger partial charge in [0.05, 0.1) is 23.7 Å². The molecule has 1 aliphatic rings. The lowest BCUT2D eigenvalue weighted by Crippen LogP contribution is -2.46. The molecular weight excluding hydrogens is 294 g/mol. The Balaban J connectivity index is 1.80. The van der Waals surface area contributed by atoms with Gasteiger partial charge < -0.3 is 20.1 Å². The summed E-state index contributed by atoms with van der Waals surface area (Å²) in [7, 11) is 0. The van der Waals surface area contributed by atoms with Crippen molar-refractivity contribution in [1.82, 2.24) is 14.9 Å². The van der Waals surface area contributed by atoms with E-state index in [0.717, 1.165) is 30.4 Å². The van der Waals surface area contributed by atoms with Crippen molar-refractivity contribution in [3.8, 4) is 0 Å². The Bertz CT molecular complexity index is 695. The Kier molecular flexibility index (Phi) is 4.75. The topological polar surface area (TPSA) is 87.4 Å². The predicted molar refractivity (Wildman–Crippen MR) is 87.0 cm³/mol. The number of fused-ring (bicyclic) bond motifs is 1. The third kappa shape index (κ3) is 3.44. The molecule has 124 valence electrons. The second kappa shape index (κ2) is 6.78. The molecule has 3 atom stereocenters. The smallest absolute Gasteiger partial charge is 0.154 e. The molecule has 0 aliphatic carbocycles. The summed E-state index contributed by atoms with van der Waals surface area (Å²) in [6.45, 7) is 2.64. The second-order valence-corrected chi connectivity index (χ2v) is 6.23. The van der Waals surface area contributed by atoms with Crippen molar-refractivity contribution in [2.75, 3.05) is 6.54 Å². The summed E-state index contributed by atoms with van der Waals surface area (Å²) in [6, 6.07) is 7.36. The van der Waals surface area contributed by atoms with E-state index in [-0.39, 0.29) is 24.8 Å². The number of hydrogen-bond acceptors (Lipinski definition) is 5.